The number of rotatable bonds is 2. The number of aryl methyl sites for hydroxylation is 2. The van der Waals surface area contributed by atoms with Crippen molar-refractivity contribution in [3.8, 4) is 0 Å². The molecule has 1 heterocycles. The molecule has 0 spiro atoms. The maximum atomic E-state index is 11.0. The first-order chi connectivity index (χ1) is 8.32. The fraction of sp³-hybridized carbons (Fsp3) is 0.625. The van der Waals surface area contributed by atoms with Crippen LogP contribution in [0.25, 0.3) is 0 Å². The third-order valence-corrected chi connectivity index (χ3v) is 5.42. The van der Waals surface area contributed by atoms with Crippen molar-refractivity contribution in [1.29, 1.82) is 0 Å². The van der Waals surface area contributed by atoms with Crippen LogP contribution in [0.5, 0.6) is 0 Å². The third-order valence-electron chi connectivity index (χ3n) is 4.25. The van der Waals surface area contributed by atoms with Crippen molar-refractivity contribution in [2.24, 2.45) is 5.41 Å². The van der Waals surface area contributed by atoms with Gasteiger partial charge in [-0.2, -0.15) is 11.8 Å². The lowest BCUT2D eigenvalue weighted by molar-refractivity contribution is -0.0513. The molecule has 1 saturated heterocycles. The Bertz CT molecular complexity index is 418. The van der Waals surface area contributed by atoms with E-state index in [4.69, 9.17) is 0 Å². The van der Waals surface area contributed by atoms with Gasteiger partial charge in [-0.05, 0) is 37.0 Å². The minimum atomic E-state index is -0.573. The zero-order valence-corrected chi connectivity index (χ0v) is 12.7. The molecule has 1 N–H and O–H groups in total. The monoisotopic (exact) mass is 264 g/mol. The number of aliphatic hydroxyl groups is 1. The molecule has 2 heteroatoms. The highest BCUT2D eigenvalue weighted by Gasteiger charge is 2.45. The molecule has 1 aliphatic heterocycles. The number of hydrogen-bond donors (Lipinski definition) is 1. The summed E-state index contributed by atoms with van der Waals surface area (Å²) in [5.74, 6) is 2.02. The average molecular weight is 264 g/mol. The van der Waals surface area contributed by atoms with Gasteiger partial charge in [-0.15, -0.1) is 0 Å². The fourth-order valence-corrected chi connectivity index (χ4v) is 4.42. The second-order valence-electron chi connectivity index (χ2n) is 6.39. The van der Waals surface area contributed by atoms with Crippen molar-refractivity contribution in [3.05, 3.63) is 34.9 Å². The molecule has 0 aromatic heterocycles. The Labute approximate surface area is 115 Å². The highest BCUT2D eigenvalue weighted by Crippen LogP contribution is 2.44. The quantitative estimate of drug-likeness (QED) is 0.878. The summed E-state index contributed by atoms with van der Waals surface area (Å²) in [4.78, 5) is 0. The van der Waals surface area contributed by atoms with E-state index < -0.39 is 5.60 Å². The van der Waals surface area contributed by atoms with E-state index in [0.29, 0.717) is 0 Å². The largest absolute Gasteiger partial charge is 0.388 e. The Morgan fingerprint density at radius 1 is 1.17 bits per heavy atom. The molecule has 2 rings (SSSR count). The van der Waals surface area contributed by atoms with Gasteiger partial charge >= 0.3 is 0 Å². The van der Waals surface area contributed by atoms with Gasteiger partial charge in [-0.1, -0.05) is 43.2 Å². The molecular formula is C16H24OS. The van der Waals surface area contributed by atoms with Gasteiger partial charge in [0.1, 0.15) is 0 Å². The summed E-state index contributed by atoms with van der Waals surface area (Å²) >= 11 is 1.88. The van der Waals surface area contributed by atoms with Gasteiger partial charge in [-0.25, -0.2) is 0 Å². The molecule has 0 radical (unpaired) electrons. The zero-order valence-electron chi connectivity index (χ0n) is 11.9. The Morgan fingerprint density at radius 2 is 1.78 bits per heavy atom. The molecule has 0 saturated carbocycles. The summed E-state index contributed by atoms with van der Waals surface area (Å²) in [6.45, 7) is 8.66. The molecule has 0 amide bonds. The predicted molar refractivity (Wildman–Crippen MR) is 80.3 cm³/mol. The number of benzene rings is 1. The first kappa shape index (κ1) is 14.0. The second kappa shape index (κ2) is 4.90. The highest BCUT2D eigenvalue weighted by molar-refractivity contribution is 7.99. The van der Waals surface area contributed by atoms with Crippen molar-refractivity contribution in [1.82, 2.24) is 0 Å². The van der Waals surface area contributed by atoms with E-state index >= 15 is 0 Å². The van der Waals surface area contributed by atoms with Crippen molar-refractivity contribution in [3.63, 3.8) is 0 Å². The van der Waals surface area contributed by atoms with Crippen LogP contribution >= 0.6 is 11.8 Å². The Hall–Kier alpha value is -0.470. The summed E-state index contributed by atoms with van der Waals surface area (Å²) in [6, 6.07) is 6.61. The second-order valence-corrected chi connectivity index (χ2v) is 7.50. The van der Waals surface area contributed by atoms with Gasteiger partial charge in [0, 0.05) is 12.2 Å². The minimum Gasteiger partial charge on any atom is -0.388 e. The van der Waals surface area contributed by atoms with E-state index in [-0.39, 0.29) is 5.41 Å². The van der Waals surface area contributed by atoms with Gasteiger partial charge in [0.25, 0.3) is 0 Å². The van der Waals surface area contributed by atoms with E-state index in [9.17, 15) is 5.11 Å². The minimum absolute atomic E-state index is 0.00982. The molecule has 1 nitrogen and oxygen atoms in total. The lowest BCUT2D eigenvalue weighted by Gasteiger charge is -2.46. The standard InChI is InChI=1S/C16H24OS/c1-12-7-13(2)9-14(8-12)10-16(17)11-18-6-5-15(16,3)4/h7-9,17H,5-6,10-11H2,1-4H3. The van der Waals surface area contributed by atoms with E-state index in [1.807, 2.05) is 11.8 Å². The summed E-state index contributed by atoms with van der Waals surface area (Å²) in [6.07, 6.45) is 1.87. The van der Waals surface area contributed by atoms with Gasteiger partial charge in [-0.3, -0.25) is 0 Å². The third kappa shape index (κ3) is 2.75. The van der Waals surface area contributed by atoms with E-state index in [0.717, 1.165) is 18.6 Å². The molecule has 1 aromatic carbocycles. The zero-order chi connectivity index (χ0) is 13.4. The molecule has 1 aromatic rings. The summed E-state index contributed by atoms with van der Waals surface area (Å²) in [5, 5.41) is 11.0. The Balaban J connectivity index is 2.26. The lowest BCUT2D eigenvalue weighted by Crippen LogP contribution is -2.51. The summed E-state index contributed by atoms with van der Waals surface area (Å²) in [5.41, 5.74) is 3.28. The maximum absolute atomic E-state index is 11.0. The van der Waals surface area contributed by atoms with Crippen molar-refractivity contribution in [2.75, 3.05) is 11.5 Å². The SMILES string of the molecule is Cc1cc(C)cc(CC2(O)CSCCC2(C)C)c1. The van der Waals surface area contributed by atoms with Crippen LogP contribution in [-0.4, -0.2) is 22.2 Å². The topological polar surface area (TPSA) is 20.2 Å². The van der Waals surface area contributed by atoms with Gasteiger partial charge in [0.05, 0.1) is 5.60 Å². The molecule has 100 valence electrons. The predicted octanol–water partition coefficient (Wildman–Crippen LogP) is 3.74. The van der Waals surface area contributed by atoms with Crippen molar-refractivity contribution >= 4 is 11.8 Å². The molecule has 1 unspecified atom stereocenters. The average Bonchev–Trinajstić information content (AvgIpc) is 2.21. The molecule has 1 aliphatic rings. The van der Waals surface area contributed by atoms with Crippen LogP contribution in [-0.2, 0) is 6.42 Å². The maximum Gasteiger partial charge on any atom is 0.0828 e. The van der Waals surface area contributed by atoms with Crippen molar-refractivity contribution < 1.29 is 5.11 Å². The Kier molecular flexibility index (Phi) is 3.80. The fourth-order valence-electron chi connectivity index (χ4n) is 2.80. The molecular weight excluding hydrogens is 240 g/mol. The normalized spacial score (nSPS) is 27.2. The number of hydrogen-bond acceptors (Lipinski definition) is 2. The smallest absolute Gasteiger partial charge is 0.0828 e. The van der Waals surface area contributed by atoms with Crippen LogP contribution in [0.3, 0.4) is 0 Å². The summed E-state index contributed by atoms with van der Waals surface area (Å²) < 4.78 is 0. The van der Waals surface area contributed by atoms with Gasteiger partial charge in [0.2, 0.25) is 0 Å². The van der Waals surface area contributed by atoms with Gasteiger partial charge < -0.3 is 5.11 Å². The van der Waals surface area contributed by atoms with Crippen LogP contribution in [0.15, 0.2) is 18.2 Å². The lowest BCUT2D eigenvalue weighted by atomic mass is 9.70. The first-order valence-corrected chi connectivity index (χ1v) is 7.85. The van der Waals surface area contributed by atoms with E-state index in [1.54, 1.807) is 0 Å². The molecule has 1 fully saturated rings. The number of thioether (sulfide) groups is 1. The van der Waals surface area contributed by atoms with E-state index in [1.165, 1.54) is 22.4 Å². The molecule has 0 bridgehead atoms. The summed E-state index contributed by atoms with van der Waals surface area (Å²) in [7, 11) is 0. The van der Waals surface area contributed by atoms with Crippen LogP contribution in [0.2, 0.25) is 0 Å². The molecule has 1 atom stereocenters. The van der Waals surface area contributed by atoms with Gasteiger partial charge in [0.15, 0.2) is 0 Å². The Morgan fingerprint density at radius 3 is 2.33 bits per heavy atom. The highest BCUT2D eigenvalue weighted by atomic mass is 32.2. The first-order valence-electron chi connectivity index (χ1n) is 6.70. The van der Waals surface area contributed by atoms with Crippen LogP contribution in [0.4, 0.5) is 0 Å². The van der Waals surface area contributed by atoms with Crippen LogP contribution in [0, 0.1) is 19.3 Å². The molecule has 18 heavy (non-hydrogen) atoms. The van der Waals surface area contributed by atoms with Crippen LogP contribution < -0.4 is 0 Å². The van der Waals surface area contributed by atoms with Crippen LogP contribution in [0.1, 0.15) is 37.0 Å². The molecule has 0 aliphatic carbocycles. The van der Waals surface area contributed by atoms with E-state index in [2.05, 4.69) is 45.9 Å². The van der Waals surface area contributed by atoms with Crippen molar-refractivity contribution in [2.45, 2.75) is 46.1 Å².